The van der Waals surface area contributed by atoms with Crippen LogP contribution in [-0.4, -0.2) is 66.8 Å². The number of halogens is 3. The number of hydrogen-bond donors (Lipinski definition) is 1. The zero-order valence-corrected chi connectivity index (χ0v) is 31.1. The van der Waals surface area contributed by atoms with Crippen LogP contribution >= 0.6 is 0 Å². The van der Waals surface area contributed by atoms with E-state index in [0.717, 1.165) is 42.9 Å². The number of benzene rings is 4. The molecule has 2 aliphatic rings. The molecule has 0 bridgehead atoms. The van der Waals surface area contributed by atoms with Crippen LogP contribution < -0.4 is 14.8 Å². The smallest absolute Gasteiger partial charge is 0.416 e. The normalized spacial score (nSPS) is 18.7. The number of nitrogens with zero attached hydrogens (tertiary/aromatic N) is 2. The molecular formula is C43H48F3N3O5. The molecular weight excluding hydrogens is 695 g/mol. The molecule has 1 aliphatic heterocycles. The predicted octanol–water partition coefficient (Wildman–Crippen LogP) is 8.60. The number of rotatable bonds is 14. The molecule has 0 spiro atoms. The summed E-state index contributed by atoms with van der Waals surface area (Å²) in [7, 11) is 0. The van der Waals surface area contributed by atoms with Crippen LogP contribution in [0.2, 0.25) is 0 Å². The lowest BCUT2D eigenvalue weighted by atomic mass is 9.87. The second-order valence-electron chi connectivity index (χ2n) is 15.0. The number of amides is 2. The highest BCUT2D eigenvalue weighted by Gasteiger charge is 2.59. The van der Waals surface area contributed by atoms with Crippen molar-refractivity contribution >= 4 is 17.7 Å². The maximum atomic E-state index is 13.6. The Morgan fingerprint density at radius 1 is 0.815 bits per heavy atom. The van der Waals surface area contributed by atoms with Crippen molar-refractivity contribution in [2.24, 2.45) is 11.8 Å². The highest BCUT2D eigenvalue weighted by Crippen LogP contribution is 2.49. The minimum atomic E-state index is -4.46. The Morgan fingerprint density at radius 2 is 1.43 bits per heavy atom. The Bertz CT molecular complexity index is 1830. The number of anilines is 1. The van der Waals surface area contributed by atoms with Crippen molar-refractivity contribution in [1.29, 1.82) is 0 Å². The summed E-state index contributed by atoms with van der Waals surface area (Å²) in [6.45, 7) is 11.5. The summed E-state index contributed by atoms with van der Waals surface area (Å²) in [5.74, 6) is 1.34. The predicted molar refractivity (Wildman–Crippen MR) is 201 cm³/mol. The molecule has 4 atom stereocenters. The average Bonchev–Trinajstić information content (AvgIpc) is 3.62. The van der Waals surface area contributed by atoms with Gasteiger partial charge < -0.3 is 24.4 Å². The second-order valence-corrected chi connectivity index (χ2v) is 15.0. The number of hydrogen-bond acceptors (Lipinski definition) is 6. The number of piperidine rings is 1. The van der Waals surface area contributed by atoms with E-state index >= 15 is 0 Å². The summed E-state index contributed by atoms with van der Waals surface area (Å²) in [6, 6.07) is 29.5. The van der Waals surface area contributed by atoms with Gasteiger partial charge in [-0.2, -0.15) is 13.2 Å². The Hall–Kier alpha value is -5.03. The van der Waals surface area contributed by atoms with E-state index < -0.39 is 23.8 Å². The third-order valence-electron chi connectivity index (χ3n) is 10.1. The van der Waals surface area contributed by atoms with Gasteiger partial charge in [-0.15, -0.1) is 0 Å². The van der Waals surface area contributed by atoms with Gasteiger partial charge in [0.15, 0.2) is 6.10 Å². The van der Waals surface area contributed by atoms with Crippen LogP contribution in [0.15, 0.2) is 103 Å². The Labute approximate surface area is 315 Å². The molecule has 2 amide bonds. The Morgan fingerprint density at radius 3 is 2.02 bits per heavy atom. The fraction of sp³-hybridized carbons (Fsp3) is 0.395. The van der Waals surface area contributed by atoms with E-state index in [0.29, 0.717) is 29.8 Å². The number of fused-ring (bicyclic) bond motifs is 1. The van der Waals surface area contributed by atoms with Crippen molar-refractivity contribution < 1.29 is 37.0 Å². The summed E-state index contributed by atoms with van der Waals surface area (Å²) in [6.07, 6.45) is -5.00. The van der Waals surface area contributed by atoms with Crippen molar-refractivity contribution in [3.8, 4) is 11.5 Å². The highest BCUT2D eigenvalue weighted by molar-refractivity contribution is 5.90. The van der Waals surface area contributed by atoms with E-state index in [-0.39, 0.29) is 42.9 Å². The fourth-order valence-electron chi connectivity index (χ4n) is 7.14. The second kappa shape index (κ2) is 16.5. The van der Waals surface area contributed by atoms with Gasteiger partial charge >= 0.3 is 18.2 Å². The van der Waals surface area contributed by atoms with Crippen molar-refractivity contribution in [1.82, 2.24) is 9.80 Å². The summed E-state index contributed by atoms with van der Waals surface area (Å²) in [4.78, 5) is 30.6. The molecule has 1 saturated carbocycles. The van der Waals surface area contributed by atoms with Gasteiger partial charge in [0.05, 0.1) is 18.7 Å². The average molecular weight is 744 g/mol. The highest BCUT2D eigenvalue weighted by atomic mass is 19.4. The lowest BCUT2D eigenvalue weighted by Gasteiger charge is -2.28. The molecule has 1 aliphatic carbocycles. The van der Waals surface area contributed by atoms with E-state index in [1.54, 1.807) is 11.8 Å². The van der Waals surface area contributed by atoms with E-state index in [1.165, 1.54) is 17.7 Å². The molecule has 1 N–H and O–H groups in total. The standard InChI is InChI=1S/C43H48F3N3O5/c1-5-52-40(50)38(54-35-21-15-31(16-22-35)42(2,3)4)25-29-11-19-34(20-12-29)53-24-23-49(41(51)47-33-17-13-32(14-18-33)43(44,45)46)39-36-27-48(28-37(36)39)26-30-9-7-6-8-10-30/h6-22,36-39H,5,23-28H2,1-4H3,(H,47,51)/t36-,37?,38+,39?/m1/s1. The maximum Gasteiger partial charge on any atom is 0.416 e. The fourth-order valence-corrected chi connectivity index (χ4v) is 7.14. The lowest BCUT2D eigenvalue weighted by molar-refractivity contribution is -0.151. The van der Waals surface area contributed by atoms with E-state index in [1.807, 2.05) is 66.7 Å². The molecule has 2 unspecified atom stereocenters. The maximum absolute atomic E-state index is 13.6. The van der Waals surface area contributed by atoms with Gasteiger partial charge in [0.25, 0.3) is 0 Å². The van der Waals surface area contributed by atoms with Gasteiger partial charge in [-0.25, -0.2) is 9.59 Å². The number of carbonyl (C=O) groups excluding carboxylic acids is 2. The van der Waals surface area contributed by atoms with E-state index in [9.17, 15) is 22.8 Å². The summed E-state index contributed by atoms with van der Waals surface area (Å²) in [5.41, 5.74) is 2.76. The van der Waals surface area contributed by atoms with Crippen molar-refractivity contribution in [3.05, 3.63) is 125 Å². The number of nitrogens with one attached hydrogen (secondary N) is 1. The molecule has 0 aromatic heterocycles. The van der Waals surface area contributed by atoms with Gasteiger partial charge in [-0.3, -0.25) is 4.90 Å². The largest absolute Gasteiger partial charge is 0.492 e. The minimum absolute atomic E-state index is 0.00178. The van der Waals surface area contributed by atoms with Crippen LogP contribution in [0.1, 0.15) is 49.9 Å². The van der Waals surface area contributed by atoms with Gasteiger partial charge in [-0.1, -0.05) is 75.4 Å². The molecule has 54 heavy (non-hydrogen) atoms. The third-order valence-corrected chi connectivity index (χ3v) is 10.1. The Balaban J connectivity index is 1.07. The molecule has 8 nitrogen and oxygen atoms in total. The molecule has 4 aromatic rings. The van der Waals surface area contributed by atoms with Crippen molar-refractivity contribution in [2.75, 3.05) is 38.2 Å². The Kier molecular flexibility index (Phi) is 11.9. The van der Waals surface area contributed by atoms with Gasteiger partial charge in [0, 0.05) is 37.8 Å². The van der Waals surface area contributed by atoms with Crippen LogP contribution in [0.25, 0.3) is 0 Å². The van der Waals surface area contributed by atoms with Gasteiger partial charge in [0.1, 0.15) is 18.1 Å². The van der Waals surface area contributed by atoms with Crippen LogP contribution in [0.5, 0.6) is 11.5 Å². The molecule has 11 heteroatoms. The van der Waals surface area contributed by atoms with Crippen LogP contribution in [0, 0.1) is 11.8 Å². The molecule has 6 rings (SSSR count). The van der Waals surface area contributed by atoms with E-state index in [4.69, 9.17) is 14.2 Å². The quantitative estimate of drug-likeness (QED) is 0.130. The molecule has 2 fully saturated rings. The topological polar surface area (TPSA) is 80.3 Å². The first-order valence-corrected chi connectivity index (χ1v) is 18.4. The van der Waals surface area contributed by atoms with Crippen LogP contribution in [0.3, 0.4) is 0 Å². The number of alkyl halides is 3. The monoisotopic (exact) mass is 743 g/mol. The van der Waals surface area contributed by atoms with E-state index in [2.05, 4.69) is 43.1 Å². The molecule has 1 saturated heterocycles. The lowest BCUT2D eigenvalue weighted by Crippen LogP contribution is -2.43. The summed E-state index contributed by atoms with van der Waals surface area (Å²) >= 11 is 0. The number of urea groups is 1. The number of esters is 1. The minimum Gasteiger partial charge on any atom is -0.492 e. The number of likely N-dealkylation sites (tertiary alicyclic amines) is 1. The first-order valence-electron chi connectivity index (χ1n) is 18.4. The molecule has 4 aromatic carbocycles. The zero-order valence-electron chi connectivity index (χ0n) is 31.1. The third kappa shape index (κ3) is 9.93. The van der Waals surface area contributed by atoms with Crippen molar-refractivity contribution in [2.45, 2.75) is 64.4 Å². The van der Waals surface area contributed by atoms with Crippen molar-refractivity contribution in [3.63, 3.8) is 0 Å². The SMILES string of the molecule is CCOC(=O)[C@H](Cc1ccc(OCCN(C(=O)Nc2ccc(C(F)(F)F)cc2)C2C3CN(Cc4ccccc4)C[C@H]32)cc1)Oc1ccc(C(C)(C)C)cc1. The van der Waals surface area contributed by atoms with Gasteiger partial charge in [-0.05, 0) is 89.4 Å². The van der Waals surface area contributed by atoms with Crippen LogP contribution in [-0.2, 0) is 34.1 Å². The zero-order chi connectivity index (χ0) is 38.5. The molecule has 0 radical (unpaired) electrons. The number of ether oxygens (including phenoxy) is 3. The molecule has 1 heterocycles. The first-order chi connectivity index (χ1) is 25.8. The first kappa shape index (κ1) is 38.7. The van der Waals surface area contributed by atoms with Crippen LogP contribution in [0.4, 0.5) is 23.7 Å². The summed E-state index contributed by atoms with van der Waals surface area (Å²) in [5, 5.41) is 2.80. The van der Waals surface area contributed by atoms with Gasteiger partial charge in [0.2, 0.25) is 0 Å². The number of carbonyl (C=O) groups is 2. The molecule has 286 valence electrons. The summed E-state index contributed by atoms with van der Waals surface area (Å²) < 4.78 is 56.9.